The molecule has 5 aliphatic rings. The Morgan fingerprint density at radius 2 is 2.12 bits per heavy atom. The average Bonchev–Trinajstić information content (AvgIpc) is 3.32. The van der Waals surface area contributed by atoms with Crippen molar-refractivity contribution < 1.29 is 14.9 Å². The molecule has 2 aliphatic heterocycles. The van der Waals surface area contributed by atoms with E-state index >= 15 is 0 Å². The van der Waals surface area contributed by atoms with Crippen molar-refractivity contribution in [2.24, 2.45) is 5.92 Å². The molecule has 1 aromatic carbocycles. The van der Waals surface area contributed by atoms with Crippen LogP contribution in [-0.2, 0) is 11.8 Å². The van der Waals surface area contributed by atoms with Crippen molar-refractivity contribution in [1.82, 2.24) is 4.90 Å². The molecule has 3 fully saturated rings. The van der Waals surface area contributed by atoms with Gasteiger partial charge in [0.1, 0.15) is 6.10 Å². The number of phenolic OH excluding ortho intramolecular Hbond substituents is 1. The van der Waals surface area contributed by atoms with E-state index in [0.29, 0.717) is 5.75 Å². The van der Waals surface area contributed by atoms with Gasteiger partial charge in [-0.15, -0.1) is 0 Å². The van der Waals surface area contributed by atoms with Crippen LogP contribution in [0.3, 0.4) is 0 Å². The molecule has 2 heterocycles. The third-order valence-electron chi connectivity index (χ3n) is 7.71. The molecule has 2 N–H and O–H groups in total. The first kappa shape index (κ1) is 14.6. The number of hydrogen-bond donors (Lipinski definition) is 2. The smallest absolute Gasteiger partial charge is 0.166 e. The number of rotatable bonds is 2. The molecule has 25 heavy (non-hydrogen) atoms. The topological polar surface area (TPSA) is 52.9 Å². The van der Waals surface area contributed by atoms with Gasteiger partial charge < -0.3 is 14.9 Å². The predicted octanol–water partition coefficient (Wildman–Crippen LogP) is 2.51. The number of nitrogens with zero attached hydrogens (tertiary/aromatic N) is 1. The molecule has 1 spiro atoms. The summed E-state index contributed by atoms with van der Waals surface area (Å²) >= 11 is 0. The fourth-order valence-corrected chi connectivity index (χ4v) is 6.39. The van der Waals surface area contributed by atoms with Gasteiger partial charge in [0.15, 0.2) is 11.5 Å². The molecule has 1 saturated heterocycles. The van der Waals surface area contributed by atoms with Crippen LogP contribution in [0.1, 0.15) is 43.2 Å². The largest absolute Gasteiger partial charge is 0.504 e. The third-order valence-corrected chi connectivity index (χ3v) is 7.71. The Morgan fingerprint density at radius 3 is 2.92 bits per heavy atom. The summed E-state index contributed by atoms with van der Waals surface area (Å²) in [7, 11) is 0. The molecule has 1 unspecified atom stereocenters. The fourth-order valence-electron chi connectivity index (χ4n) is 6.39. The normalized spacial score (nSPS) is 41.4. The molecule has 4 nitrogen and oxygen atoms in total. The van der Waals surface area contributed by atoms with Gasteiger partial charge in [0.2, 0.25) is 0 Å². The Labute approximate surface area is 148 Å². The van der Waals surface area contributed by atoms with Crippen LogP contribution in [0.4, 0.5) is 0 Å². The van der Waals surface area contributed by atoms with Crippen LogP contribution < -0.4 is 4.74 Å². The van der Waals surface area contributed by atoms with E-state index in [9.17, 15) is 10.2 Å². The number of benzene rings is 1. The van der Waals surface area contributed by atoms with Crippen molar-refractivity contribution >= 4 is 0 Å². The van der Waals surface area contributed by atoms with E-state index in [-0.39, 0.29) is 17.9 Å². The van der Waals surface area contributed by atoms with Crippen LogP contribution in [0.5, 0.6) is 11.5 Å². The lowest BCUT2D eigenvalue weighted by molar-refractivity contribution is -0.174. The molecule has 0 radical (unpaired) electrons. The first-order chi connectivity index (χ1) is 12.0. The number of aromatic hydroxyl groups is 1. The van der Waals surface area contributed by atoms with Crippen LogP contribution in [0.2, 0.25) is 0 Å². The molecule has 0 amide bonds. The van der Waals surface area contributed by atoms with Gasteiger partial charge in [-0.2, -0.15) is 0 Å². The molecule has 2 saturated carbocycles. The monoisotopic (exact) mass is 339 g/mol. The van der Waals surface area contributed by atoms with Crippen LogP contribution in [-0.4, -0.2) is 45.9 Å². The van der Waals surface area contributed by atoms with E-state index in [1.54, 1.807) is 6.07 Å². The van der Waals surface area contributed by atoms with Gasteiger partial charge >= 0.3 is 0 Å². The highest BCUT2D eigenvalue weighted by Crippen LogP contribution is 2.66. The zero-order valence-corrected chi connectivity index (χ0v) is 14.5. The number of ether oxygens (including phenoxy) is 1. The second kappa shape index (κ2) is 4.41. The van der Waals surface area contributed by atoms with Crippen molar-refractivity contribution in [3.8, 4) is 11.5 Å². The van der Waals surface area contributed by atoms with Crippen molar-refractivity contribution in [2.45, 2.75) is 61.7 Å². The van der Waals surface area contributed by atoms with Gasteiger partial charge in [0.05, 0.1) is 11.0 Å². The highest BCUT2D eigenvalue weighted by molar-refractivity contribution is 5.63. The molecule has 0 aromatic heterocycles. The Bertz CT molecular complexity index is 801. The van der Waals surface area contributed by atoms with Crippen molar-refractivity contribution in [1.29, 1.82) is 0 Å². The van der Waals surface area contributed by atoms with Gasteiger partial charge in [-0.05, 0) is 68.2 Å². The Morgan fingerprint density at radius 1 is 1.28 bits per heavy atom. The maximum atomic E-state index is 12.1. The van der Waals surface area contributed by atoms with Crippen LogP contribution in [0.25, 0.3) is 0 Å². The predicted molar refractivity (Wildman–Crippen MR) is 93.9 cm³/mol. The van der Waals surface area contributed by atoms with E-state index in [2.05, 4.69) is 11.5 Å². The second-order valence-corrected chi connectivity index (χ2v) is 8.91. The molecule has 4 heteroatoms. The second-order valence-electron chi connectivity index (χ2n) is 8.91. The van der Waals surface area contributed by atoms with Gasteiger partial charge in [0, 0.05) is 18.2 Å². The summed E-state index contributed by atoms with van der Waals surface area (Å²) in [6.07, 6.45) is 5.79. The van der Waals surface area contributed by atoms with E-state index in [4.69, 9.17) is 4.74 Å². The molecular formula is C21H25NO3. The zero-order valence-electron chi connectivity index (χ0n) is 14.5. The van der Waals surface area contributed by atoms with E-state index < -0.39 is 11.0 Å². The van der Waals surface area contributed by atoms with Gasteiger partial charge in [-0.1, -0.05) is 12.6 Å². The molecule has 132 valence electrons. The molecular weight excluding hydrogens is 314 g/mol. The van der Waals surface area contributed by atoms with Gasteiger partial charge in [0.25, 0.3) is 0 Å². The minimum atomic E-state index is -0.780. The van der Waals surface area contributed by atoms with Crippen LogP contribution in [0.15, 0.2) is 24.3 Å². The van der Waals surface area contributed by atoms with Crippen molar-refractivity contribution in [3.05, 3.63) is 35.4 Å². The summed E-state index contributed by atoms with van der Waals surface area (Å²) in [4.78, 5) is 2.56. The number of likely N-dealkylation sites (tertiary alicyclic amines) is 1. The molecule has 6 rings (SSSR count). The van der Waals surface area contributed by atoms with Gasteiger partial charge in [-0.25, -0.2) is 0 Å². The van der Waals surface area contributed by atoms with Crippen LogP contribution >= 0.6 is 0 Å². The number of piperidine rings is 1. The summed E-state index contributed by atoms with van der Waals surface area (Å²) in [6, 6.07) is 3.96. The number of hydrogen-bond acceptors (Lipinski definition) is 4. The Kier molecular flexibility index (Phi) is 2.58. The minimum absolute atomic E-state index is 0.157. The lowest BCUT2D eigenvalue weighted by Crippen LogP contribution is -2.75. The zero-order chi connectivity index (χ0) is 17.0. The lowest BCUT2D eigenvalue weighted by Gasteiger charge is -2.63. The Hall–Kier alpha value is -1.52. The van der Waals surface area contributed by atoms with Gasteiger partial charge in [-0.3, -0.25) is 4.90 Å². The molecule has 4 atom stereocenters. The van der Waals surface area contributed by atoms with Crippen LogP contribution in [0, 0.1) is 5.92 Å². The summed E-state index contributed by atoms with van der Waals surface area (Å²) in [6.45, 7) is 6.40. The first-order valence-electron chi connectivity index (χ1n) is 9.71. The first-order valence-corrected chi connectivity index (χ1v) is 9.71. The third kappa shape index (κ3) is 1.57. The quantitative estimate of drug-likeness (QED) is 0.813. The van der Waals surface area contributed by atoms with E-state index in [0.717, 1.165) is 55.8 Å². The number of phenols is 1. The lowest BCUT2D eigenvalue weighted by atomic mass is 9.48. The van der Waals surface area contributed by atoms with Crippen molar-refractivity contribution in [2.75, 3.05) is 13.1 Å². The summed E-state index contributed by atoms with van der Waals surface area (Å²) < 4.78 is 6.29. The molecule has 3 aliphatic carbocycles. The average molecular weight is 339 g/mol. The number of aliphatic hydroxyl groups is 1. The van der Waals surface area contributed by atoms with E-state index in [1.165, 1.54) is 18.4 Å². The Balaban J connectivity index is 1.58. The minimum Gasteiger partial charge on any atom is -0.504 e. The molecule has 1 aromatic rings. The standard InChI is InChI=1S/C21H25NO3/c1-12-6-7-21(24)16-10-14-4-5-15(23)18-17(14)20(21,19(12)25-18)8-9-22(16)11-13-2-3-13/h4-5,13,16,19,23-24H,1-3,6-11H2/t16-,19?,20+,21-/m1/s1. The fraction of sp³-hybridized carbons (Fsp3) is 0.619. The maximum absolute atomic E-state index is 12.1. The highest BCUT2D eigenvalue weighted by Gasteiger charge is 2.71. The molecule has 2 bridgehead atoms. The maximum Gasteiger partial charge on any atom is 0.166 e. The summed E-state index contributed by atoms with van der Waals surface area (Å²) in [5.41, 5.74) is 2.21. The summed E-state index contributed by atoms with van der Waals surface area (Å²) in [5.74, 6) is 1.64. The SMILES string of the molecule is C=C1CC[C@@]2(O)[C@H]3Cc4ccc(O)c5c4[C@@]2(CCN3CC2CC2)C1O5. The van der Waals surface area contributed by atoms with Crippen molar-refractivity contribution in [3.63, 3.8) is 0 Å². The van der Waals surface area contributed by atoms with E-state index in [1.807, 2.05) is 6.07 Å². The summed E-state index contributed by atoms with van der Waals surface area (Å²) in [5, 5.41) is 22.5. The highest BCUT2D eigenvalue weighted by atomic mass is 16.5.